The van der Waals surface area contributed by atoms with Crippen molar-refractivity contribution in [2.45, 2.75) is 12.8 Å². The number of fused-ring (bicyclic) bond motifs is 1. The van der Waals surface area contributed by atoms with Gasteiger partial charge in [0.25, 0.3) is 5.69 Å². The van der Waals surface area contributed by atoms with E-state index in [0.29, 0.717) is 35.6 Å². The monoisotopic (exact) mass is 520 g/mol. The average Bonchev–Trinajstić information content (AvgIpc) is 2.83. The summed E-state index contributed by atoms with van der Waals surface area (Å²) in [5.74, 6) is -0.125. The number of nitro groups is 1. The second-order valence-electron chi connectivity index (χ2n) is 7.68. The predicted octanol–water partition coefficient (Wildman–Crippen LogP) is 5.49. The summed E-state index contributed by atoms with van der Waals surface area (Å²) in [5.41, 5.74) is 1.88. The van der Waals surface area contributed by atoms with Gasteiger partial charge in [-0.15, -0.1) is 0 Å². The van der Waals surface area contributed by atoms with Gasteiger partial charge in [0.1, 0.15) is 5.82 Å². The lowest BCUT2D eigenvalue weighted by molar-refractivity contribution is -0.383. The second kappa shape index (κ2) is 10.4. The van der Waals surface area contributed by atoms with Gasteiger partial charge in [0, 0.05) is 34.6 Å². The molecule has 4 rings (SSSR count). The molecule has 34 heavy (non-hydrogen) atoms. The van der Waals surface area contributed by atoms with Crippen LogP contribution >= 0.6 is 15.9 Å². The number of hydrogen-bond donors (Lipinski definition) is 1. The number of para-hydroxylation sites is 1. The van der Waals surface area contributed by atoms with Crippen LogP contribution in [-0.2, 0) is 11.2 Å². The highest BCUT2D eigenvalue weighted by atomic mass is 79.9. The van der Waals surface area contributed by atoms with E-state index >= 15 is 0 Å². The Labute approximate surface area is 204 Å². The molecule has 8 nitrogen and oxygen atoms in total. The molecule has 172 valence electrons. The van der Waals surface area contributed by atoms with E-state index in [0.717, 1.165) is 10.0 Å². The Morgan fingerprint density at radius 2 is 1.76 bits per heavy atom. The van der Waals surface area contributed by atoms with Crippen molar-refractivity contribution < 1.29 is 14.8 Å². The molecular weight excluding hydrogens is 500 g/mol. The third kappa shape index (κ3) is 5.37. The zero-order valence-corrected chi connectivity index (χ0v) is 19.7. The standard InChI is InChI=1S/C25H21BrN4O4/c26-19-9-4-8-18(16-19)24-27-23-20(10-5-11-21(23)30(33)34)25(28-24)29(15-13-22(31)32)14-12-17-6-2-1-3-7-17/h1-11,16H,12-15H2,(H,31,32). The van der Waals surface area contributed by atoms with Crippen LogP contribution in [0.2, 0.25) is 0 Å². The summed E-state index contributed by atoms with van der Waals surface area (Å²) < 4.78 is 0.824. The maximum Gasteiger partial charge on any atom is 0.305 e. The fraction of sp³-hybridized carbons (Fsp3) is 0.160. The smallest absolute Gasteiger partial charge is 0.305 e. The molecule has 0 saturated heterocycles. The molecule has 0 aliphatic heterocycles. The SMILES string of the molecule is O=C(O)CCN(CCc1ccccc1)c1nc(-c2cccc(Br)c2)nc2c([N+](=O)[O-])cccc12. The summed E-state index contributed by atoms with van der Waals surface area (Å²) in [6, 6.07) is 22.0. The maximum absolute atomic E-state index is 11.8. The van der Waals surface area contributed by atoms with Gasteiger partial charge in [-0.1, -0.05) is 64.5 Å². The molecule has 4 aromatic rings. The molecule has 0 bridgehead atoms. The van der Waals surface area contributed by atoms with Gasteiger partial charge in [-0.05, 0) is 30.2 Å². The van der Waals surface area contributed by atoms with Gasteiger partial charge in [0.15, 0.2) is 11.3 Å². The Morgan fingerprint density at radius 1 is 1.00 bits per heavy atom. The fourth-order valence-corrected chi connectivity index (χ4v) is 4.13. The zero-order valence-electron chi connectivity index (χ0n) is 18.1. The number of carbonyl (C=O) groups is 1. The van der Waals surface area contributed by atoms with Crippen LogP contribution < -0.4 is 4.90 Å². The van der Waals surface area contributed by atoms with Crippen molar-refractivity contribution in [3.8, 4) is 11.4 Å². The first-order chi connectivity index (χ1) is 16.4. The number of hydrogen-bond acceptors (Lipinski definition) is 6. The minimum Gasteiger partial charge on any atom is -0.481 e. The van der Waals surface area contributed by atoms with E-state index < -0.39 is 10.9 Å². The number of carboxylic acids is 1. The Kier molecular flexibility index (Phi) is 7.12. The first-order valence-electron chi connectivity index (χ1n) is 10.6. The van der Waals surface area contributed by atoms with E-state index in [9.17, 15) is 20.0 Å². The molecule has 0 saturated carbocycles. The molecule has 3 aromatic carbocycles. The van der Waals surface area contributed by atoms with Gasteiger partial charge in [-0.2, -0.15) is 0 Å². The van der Waals surface area contributed by atoms with E-state index in [1.165, 1.54) is 6.07 Å². The van der Waals surface area contributed by atoms with Gasteiger partial charge in [-0.3, -0.25) is 14.9 Å². The number of halogens is 1. The number of aliphatic carboxylic acids is 1. The van der Waals surface area contributed by atoms with Crippen LogP contribution in [0, 0.1) is 10.1 Å². The van der Waals surface area contributed by atoms with E-state index in [1.54, 1.807) is 12.1 Å². The van der Waals surface area contributed by atoms with Crippen molar-refractivity contribution in [3.63, 3.8) is 0 Å². The normalized spacial score (nSPS) is 10.9. The van der Waals surface area contributed by atoms with Crippen molar-refractivity contribution in [3.05, 3.63) is 92.9 Å². The molecule has 1 N–H and O–H groups in total. The van der Waals surface area contributed by atoms with Crippen LogP contribution in [0.25, 0.3) is 22.3 Å². The lowest BCUT2D eigenvalue weighted by Crippen LogP contribution is -2.30. The highest BCUT2D eigenvalue weighted by Crippen LogP contribution is 2.33. The Bertz CT molecular complexity index is 1350. The Hall–Kier alpha value is -3.85. The topological polar surface area (TPSA) is 109 Å². The third-order valence-corrected chi connectivity index (χ3v) is 5.87. The number of non-ortho nitro benzene ring substituents is 1. The van der Waals surface area contributed by atoms with E-state index in [2.05, 4.69) is 20.9 Å². The van der Waals surface area contributed by atoms with Crippen molar-refractivity contribution in [2.75, 3.05) is 18.0 Å². The van der Waals surface area contributed by atoms with Crippen molar-refractivity contribution in [1.29, 1.82) is 0 Å². The minimum absolute atomic E-state index is 0.0958. The summed E-state index contributed by atoms with van der Waals surface area (Å²) in [6.07, 6.45) is 0.564. The average molecular weight is 521 g/mol. The van der Waals surface area contributed by atoms with Crippen molar-refractivity contribution in [1.82, 2.24) is 9.97 Å². The lowest BCUT2D eigenvalue weighted by Gasteiger charge is -2.25. The van der Waals surface area contributed by atoms with Crippen LogP contribution in [0.15, 0.2) is 77.3 Å². The van der Waals surface area contributed by atoms with Crippen LogP contribution in [-0.4, -0.2) is 39.1 Å². The van der Waals surface area contributed by atoms with Gasteiger partial charge < -0.3 is 10.0 Å². The number of anilines is 1. The van der Waals surface area contributed by atoms with Crippen LogP contribution in [0.3, 0.4) is 0 Å². The van der Waals surface area contributed by atoms with E-state index in [-0.39, 0.29) is 24.2 Å². The summed E-state index contributed by atoms with van der Waals surface area (Å²) in [6.45, 7) is 0.693. The second-order valence-corrected chi connectivity index (χ2v) is 8.59. The molecule has 0 aliphatic carbocycles. The summed E-state index contributed by atoms with van der Waals surface area (Å²) in [7, 11) is 0. The van der Waals surface area contributed by atoms with Gasteiger partial charge in [-0.25, -0.2) is 9.97 Å². The first kappa shape index (κ1) is 23.3. The molecule has 1 aromatic heterocycles. The summed E-state index contributed by atoms with van der Waals surface area (Å²) in [5, 5.41) is 21.6. The molecule has 0 amide bonds. The molecular formula is C25H21BrN4O4. The highest BCUT2D eigenvalue weighted by molar-refractivity contribution is 9.10. The molecule has 0 fully saturated rings. The summed E-state index contributed by atoms with van der Waals surface area (Å²) in [4.78, 5) is 33.9. The molecule has 9 heteroatoms. The van der Waals surface area contributed by atoms with Gasteiger partial charge in [0.2, 0.25) is 0 Å². The number of nitrogens with zero attached hydrogens (tertiary/aromatic N) is 4. The zero-order chi connectivity index (χ0) is 24.1. The van der Waals surface area contributed by atoms with Crippen molar-refractivity contribution >= 4 is 44.3 Å². The molecule has 0 unspecified atom stereocenters. The van der Waals surface area contributed by atoms with Crippen LogP contribution in [0.1, 0.15) is 12.0 Å². The molecule has 1 heterocycles. The third-order valence-electron chi connectivity index (χ3n) is 5.37. The fourth-order valence-electron chi connectivity index (χ4n) is 3.73. The predicted molar refractivity (Wildman–Crippen MR) is 134 cm³/mol. The number of benzene rings is 3. The quantitative estimate of drug-likeness (QED) is 0.229. The molecule has 0 spiro atoms. The number of rotatable bonds is 9. The minimum atomic E-state index is -0.929. The largest absolute Gasteiger partial charge is 0.481 e. The van der Waals surface area contributed by atoms with Crippen molar-refractivity contribution in [2.24, 2.45) is 0 Å². The maximum atomic E-state index is 11.8. The van der Waals surface area contributed by atoms with Crippen LogP contribution in [0.5, 0.6) is 0 Å². The van der Waals surface area contributed by atoms with Gasteiger partial charge >= 0.3 is 5.97 Å². The Morgan fingerprint density at radius 3 is 2.47 bits per heavy atom. The number of carboxylic acid groups (broad SMARTS) is 1. The van der Waals surface area contributed by atoms with Gasteiger partial charge in [0.05, 0.1) is 11.3 Å². The van der Waals surface area contributed by atoms with E-state index in [4.69, 9.17) is 4.98 Å². The van der Waals surface area contributed by atoms with Crippen LogP contribution in [0.4, 0.5) is 11.5 Å². The molecule has 0 radical (unpaired) electrons. The lowest BCUT2D eigenvalue weighted by atomic mass is 10.1. The summed E-state index contributed by atoms with van der Waals surface area (Å²) >= 11 is 3.45. The molecule has 0 aliphatic rings. The first-order valence-corrected chi connectivity index (χ1v) is 11.4. The number of aromatic nitrogens is 2. The number of nitro benzene ring substituents is 1. The highest BCUT2D eigenvalue weighted by Gasteiger charge is 2.22. The molecule has 0 atom stereocenters. The van der Waals surface area contributed by atoms with E-state index in [1.807, 2.05) is 59.5 Å². The Balaban J connectivity index is 1.87.